The average Bonchev–Trinajstić information content (AvgIpc) is 3.38. The molecule has 12 nitrogen and oxygen atoms in total. The smallest absolute Gasteiger partial charge is 0.337 e. The molecule has 3 aromatic carbocycles. The van der Waals surface area contributed by atoms with E-state index in [2.05, 4.69) is 41.7 Å². The number of rotatable bonds is 14. The number of methoxy groups -OCH3 is 1. The van der Waals surface area contributed by atoms with Gasteiger partial charge in [0, 0.05) is 32.8 Å². The summed E-state index contributed by atoms with van der Waals surface area (Å²) >= 11 is 3.45. The molecule has 50 heavy (non-hydrogen) atoms. The number of aryl methyl sites for hydroxylation is 1. The fourth-order valence-electron chi connectivity index (χ4n) is 5.57. The molecule has 1 aliphatic rings. The second-order valence-electron chi connectivity index (χ2n) is 11.5. The van der Waals surface area contributed by atoms with Crippen LogP contribution in [0.25, 0.3) is 5.69 Å². The predicted octanol–water partition coefficient (Wildman–Crippen LogP) is 5.96. The van der Waals surface area contributed by atoms with Crippen LogP contribution in [-0.4, -0.2) is 54.4 Å². The SMILES string of the molecule is CCOc1cc([C@H]2NC(=O)NC(C)=C2C(=O)OC)ccc1OC[C@H](O)N/N=C/c1cc(C)n(-c2ccc(OCc3ccc(Br)cc3)cc2)c1C. The number of aliphatic hydroxyl groups is 1. The largest absolute Gasteiger partial charge is 0.490 e. The monoisotopic (exact) mass is 745 g/mol. The normalized spacial score (nSPS) is 14.9. The molecule has 13 heteroatoms. The van der Waals surface area contributed by atoms with Crippen molar-refractivity contribution in [2.24, 2.45) is 5.10 Å². The van der Waals surface area contributed by atoms with Crippen molar-refractivity contribution in [1.82, 2.24) is 20.6 Å². The Kier molecular flexibility index (Phi) is 11.8. The van der Waals surface area contributed by atoms with Gasteiger partial charge in [-0.2, -0.15) is 5.10 Å². The lowest BCUT2D eigenvalue weighted by atomic mass is 9.95. The topological polar surface area (TPSA) is 145 Å². The lowest BCUT2D eigenvalue weighted by molar-refractivity contribution is -0.136. The maximum absolute atomic E-state index is 12.5. The van der Waals surface area contributed by atoms with Crippen LogP contribution in [0.15, 0.2) is 93.6 Å². The number of urea groups is 1. The van der Waals surface area contributed by atoms with Crippen molar-refractivity contribution >= 4 is 34.1 Å². The molecule has 262 valence electrons. The van der Waals surface area contributed by atoms with Gasteiger partial charge in [0.25, 0.3) is 0 Å². The summed E-state index contributed by atoms with van der Waals surface area (Å²) in [5, 5.41) is 20.2. The highest BCUT2D eigenvalue weighted by atomic mass is 79.9. The molecule has 0 unspecified atom stereocenters. The van der Waals surface area contributed by atoms with Crippen LogP contribution in [-0.2, 0) is 16.1 Å². The number of aliphatic hydroxyl groups excluding tert-OH is 1. The van der Waals surface area contributed by atoms with Gasteiger partial charge in [-0.25, -0.2) is 9.59 Å². The molecule has 0 saturated carbocycles. The summed E-state index contributed by atoms with van der Waals surface area (Å²) in [4.78, 5) is 24.7. The van der Waals surface area contributed by atoms with E-state index in [1.807, 2.05) is 75.4 Å². The van der Waals surface area contributed by atoms with E-state index < -0.39 is 24.3 Å². The van der Waals surface area contributed by atoms with Gasteiger partial charge in [0.1, 0.15) is 19.0 Å². The third-order valence-electron chi connectivity index (χ3n) is 7.98. The standard InChI is InChI=1S/C37H40BrN5O7/c1-6-48-32-18-26(35-34(36(45)47-5)23(3)40-37(46)41-35)9-16-31(32)50-21-33(44)42-39-19-27-17-22(2)43(24(27)4)29-12-14-30(15-13-29)49-20-25-7-10-28(38)11-8-25/h7-19,33,35,42,44H,6,20-21H2,1-5H3,(H2,40,41,46)/b39-19+/t33-,35+/m0/s1. The van der Waals surface area contributed by atoms with Crippen LogP contribution in [0.4, 0.5) is 4.79 Å². The molecule has 1 aliphatic heterocycles. The summed E-state index contributed by atoms with van der Waals surface area (Å²) < 4.78 is 25.7. The van der Waals surface area contributed by atoms with E-state index in [-0.39, 0.29) is 12.2 Å². The number of esters is 1. The summed E-state index contributed by atoms with van der Waals surface area (Å²) in [7, 11) is 1.28. The van der Waals surface area contributed by atoms with Crippen LogP contribution in [0.2, 0.25) is 0 Å². The quantitative estimate of drug-likeness (QED) is 0.0536. The number of aromatic nitrogens is 1. The molecule has 1 aromatic heterocycles. The molecule has 0 aliphatic carbocycles. The van der Waals surface area contributed by atoms with Gasteiger partial charge in [0.05, 0.1) is 31.5 Å². The number of nitrogens with one attached hydrogen (secondary N) is 3. The Bertz CT molecular complexity index is 1890. The number of allylic oxidation sites excluding steroid dienone is 1. The highest BCUT2D eigenvalue weighted by molar-refractivity contribution is 9.10. The van der Waals surface area contributed by atoms with Crippen molar-refractivity contribution in [3.8, 4) is 22.9 Å². The first-order valence-corrected chi connectivity index (χ1v) is 16.8. The van der Waals surface area contributed by atoms with Crippen LogP contribution in [0.5, 0.6) is 17.2 Å². The maximum atomic E-state index is 12.5. The lowest BCUT2D eigenvalue weighted by Gasteiger charge is -2.28. The van der Waals surface area contributed by atoms with Gasteiger partial charge in [-0.1, -0.05) is 34.1 Å². The Morgan fingerprint density at radius 1 is 1.02 bits per heavy atom. The summed E-state index contributed by atoms with van der Waals surface area (Å²) in [5.74, 6) is 0.963. The average molecular weight is 747 g/mol. The molecule has 2 atom stereocenters. The number of nitrogens with zero attached hydrogens (tertiary/aromatic N) is 2. The molecule has 0 radical (unpaired) electrons. The van der Waals surface area contributed by atoms with E-state index in [0.29, 0.717) is 36.0 Å². The minimum Gasteiger partial charge on any atom is -0.490 e. The molecule has 2 heterocycles. The number of carbonyl (C=O) groups excluding carboxylic acids is 2. The zero-order chi connectivity index (χ0) is 35.8. The Balaban J connectivity index is 1.19. The van der Waals surface area contributed by atoms with E-state index in [1.54, 1.807) is 31.3 Å². The molecular weight excluding hydrogens is 706 g/mol. The van der Waals surface area contributed by atoms with E-state index in [9.17, 15) is 14.7 Å². The van der Waals surface area contributed by atoms with Crippen molar-refractivity contribution in [3.63, 3.8) is 0 Å². The highest BCUT2D eigenvalue weighted by Crippen LogP contribution is 2.35. The number of hydrogen-bond acceptors (Lipinski definition) is 9. The third kappa shape index (κ3) is 8.65. The predicted molar refractivity (Wildman–Crippen MR) is 193 cm³/mol. The van der Waals surface area contributed by atoms with Crippen molar-refractivity contribution in [2.45, 2.75) is 46.6 Å². The molecule has 5 rings (SSSR count). The number of amides is 2. The number of halogens is 1. The summed E-state index contributed by atoms with van der Waals surface area (Å²) in [6.45, 7) is 8.17. The first-order valence-electron chi connectivity index (χ1n) is 16.0. The van der Waals surface area contributed by atoms with Gasteiger partial charge in [-0.3, -0.25) is 5.43 Å². The van der Waals surface area contributed by atoms with Crippen molar-refractivity contribution < 1.29 is 33.6 Å². The van der Waals surface area contributed by atoms with E-state index >= 15 is 0 Å². The molecular formula is C37H40BrN5O7. The van der Waals surface area contributed by atoms with Gasteiger partial charge < -0.3 is 39.3 Å². The van der Waals surface area contributed by atoms with Gasteiger partial charge in [0.15, 0.2) is 17.7 Å². The Labute approximate surface area is 299 Å². The zero-order valence-corrected chi connectivity index (χ0v) is 30.0. The summed E-state index contributed by atoms with van der Waals surface area (Å²) in [6, 6.07) is 21.8. The summed E-state index contributed by atoms with van der Waals surface area (Å²) in [5.41, 5.74) is 8.93. The molecule has 0 saturated heterocycles. The maximum Gasteiger partial charge on any atom is 0.337 e. The van der Waals surface area contributed by atoms with Gasteiger partial charge in [0.2, 0.25) is 0 Å². The number of carbonyl (C=O) groups is 2. The molecule has 0 fully saturated rings. The molecule has 4 N–H and O–H groups in total. The van der Waals surface area contributed by atoms with Gasteiger partial charge in [-0.15, -0.1) is 0 Å². The van der Waals surface area contributed by atoms with Crippen molar-refractivity contribution in [3.05, 3.63) is 117 Å². The first-order chi connectivity index (χ1) is 24.1. The van der Waals surface area contributed by atoms with Gasteiger partial charge >= 0.3 is 12.0 Å². The highest BCUT2D eigenvalue weighted by Gasteiger charge is 2.32. The lowest BCUT2D eigenvalue weighted by Crippen LogP contribution is -2.45. The van der Waals surface area contributed by atoms with E-state index in [4.69, 9.17) is 18.9 Å². The fraction of sp³-hybridized carbons (Fsp3) is 0.270. The van der Waals surface area contributed by atoms with Crippen LogP contribution in [0.1, 0.15) is 48.0 Å². The second-order valence-corrected chi connectivity index (χ2v) is 12.4. The minimum atomic E-state index is -1.13. The van der Waals surface area contributed by atoms with Gasteiger partial charge in [-0.05, 0) is 93.4 Å². The zero-order valence-electron chi connectivity index (χ0n) is 28.5. The fourth-order valence-corrected chi connectivity index (χ4v) is 5.83. The second kappa shape index (κ2) is 16.4. The van der Waals surface area contributed by atoms with Crippen LogP contribution in [0, 0.1) is 13.8 Å². The molecule has 2 amide bonds. The third-order valence-corrected chi connectivity index (χ3v) is 8.51. The Morgan fingerprint density at radius 3 is 2.46 bits per heavy atom. The van der Waals surface area contributed by atoms with Crippen LogP contribution < -0.4 is 30.3 Å². The molecule has 0 spiro atoms. The van der Waals surface area contributed by atoms with Crippen LogP contribution in [0.3, 0.4) is 0 Å². The summed E-state index contributed by atoms with van der Waals surface area (Å²) in [6.07, 6.45) is 0.522. The van der Waals surface area contributed by atoms with E-state index in [1.165, 1.54) is 7.11 Å². The molecule has 4 aromatic rings. The first kappa shape index (κ1) is 36.0. The van der Waals surface area contributed by atoms with Crippen molar-refractivity contribution in [1.29, 1.82) is 0 Å². The molecule has 0 bridgehead atoms. The number of ether oxygens (including phenoxy) is 4. The Morgan fingerprint density at radius 2 is 1.76 bits per heavy atom. The van der Waals surface area contributed by atoms with E-state index in [0.717, 1.165) is 38.4 Å². The van der Waals surface area contributed by atoms with Crippen LogP contribution >= 0.6 is 15.9 Å². The number of benzene rings is 3. The number of hydrogen-bond donors (Lipinski definition) is 4. The number of hydrazone groups is 1. The van der Waals surface area contributed by atoms with Crippen molar-refractivity contribution in [2.75, 3.05) is 20.3 Å². The Hall–Kier alpha value is -5.27. The minimum absolute atomic E-state index is 0.136.